The van der Waals surface area contributed by atoms with Gasteiger partial charge in [-0.2, -0.15) is 0 Å². The first-order chi connectivity index (χ1) is 11.9. The van der Waals surface area contributed by atoms with Crippen LogP contribution in [-0.2, 0) is 12.8 Å². The average Bonchev–Trinajstić information content (AvgIpc) is 2.60. The molecule has 4 heteroatoms. The van der Waals surface area contributed by atoms with Crippen LogP contribution >= 0.6 is 0 Å². The summed E-state index contributed by atoms with van der Waals surface area (Å²) >= 11 is 0. The van der Waals surface area contributed by atoms with Crippen molar-refractivity contribution in [3.63, 3.8) is 0 Å². The lowest BCUT2D eigenvalue weighted by atomic mass is 9.80. The Morgan fingerprint density at radius 3 is 2.52 bits per heavy atom. The van der Waals surface area contributed by atoms with E-state index in [0.717, 1.165) is 24.0 Å². The minimum atomic E-state index is -0.289. The molecule has 1 atom stereocenters. The highest BCUT2D eigenvalue weighted by atomic mass is 16.5. The van der Waals surface area contributed by atoms with Crippen LogP contribution in [0.15, 0.2) is 18.2 Å². The van der Waals surface area contributed by atoms with Crippen LogP contribution < -0.4 is 4.74 Å². The van der Waals surface area contributed by atoms with Crippen LogP contribution in [-0.4, -0.2) is 23.1 Å². The molecule has 1 aliphatic carbocycles. The standard InChI is InChI=1S/C21H24O4/c1-11-8-9-15-16(10-11)21(24)18(13(3)19(15)22)20(23)14-6-5-7-17(25-4)12(14)2/h5-7,11,22,24H,8-10H2,1-4H3/t11-/m0/s1. The highest BCUT2D eigenvalue weighted by Crippen LogP contribution is 2.43. The summed E-state index contributed by atoms with van der Waals surface area (Å²) in [6, 6.07) is 5.27. The van der Waals surface area contributed by atoms with Crippen LogP contribution in [0.1, 0.15) is 51.5 Å². The summed E-state index contributed by atoms with van der Waals surface area (Å²) in [5, 5.41) is 21.5. The van der Waals surface area contributed by atoms with Crippen molar-refractivity contribution in [3.8, 4) is 17.2 Å². The molecule has 1 aliphatic rings. The zero-order valence-electron chi connectivity index (χ0n) is 15.1. The molecule has 0 heterocycles. The summed E-state index contributed by atoms with van der Waals surface area (Å²) < 4.78 is 5.30. The van der Waals surface area contributed by atoms with Gasteiger partial charge in [0.1, 0.15) is 17.2 Å². The highest BCUT2D eigenvalue weighted by Gasteiger charge is 2.29. The van der Waals surface area contributed by atoms with Crippen LogP contribution in [0.2, 0.25) is 0 Å². The lowest BCUT2D eigenvalue weighted by molar-refractivity contribution is 0.103. The molecule has 0 amide bonds. The summed E-state index contributed by atoms with van der Waals surface area (Å²) in [6.45, 7) is 5.63. The Kier molecular flexibility index (Phi) is 4.46. The Morgan fingerprint density at radius 1 is 1.12 bits per heavy atom. The summed E-state index contributed by atoms with van der Waals surface area (Å²) in [6.07, 6.45) is 2.37. The second kappa shape index (κ2) is 6.43. The van der Waals surface area contributed by atoms with Crippen molar-refractivity contribution in [2.24, 2.45) is 5.92 Å². The van der Waals surface area contributed by atoms with Gasteiger partial charge in [0.2, 0.25) is 0 Å². The predicted octanol–water partition coefficient (Wildman–Crippen LogP) is 4.08. The van der Waals surface area contributed by atoms with Crippen LogP contribution in [0.25, 0.3) is 0 Å². The third-order valence-electron chi connectivity index (χ3n) is 5.32. The van der Waals surface area contributed by atoms with Gasteiger partial charge in [0, 0.05) is 27.8 Å². The number of aromatic hydroxyl groups is 2. The SMILES string of the molecule is COc1cccc(C(=O)c2c(C)c(O)c3c(c2O)C[C@@H](C)CC3)c1C. The van der Waals surface area contributed by atoms with Gasteiger partial charge in [-0.05, 0) is 45.1 Å². The lowest BCUT2D eigenvalue weighted by Crippen LogP contribution is -2.16. The van der Waals surface area contributed by atoms with Gasteiger partial charge in [0.15, 0.2) is 5.78 Å². The number of carbonyl (C=O) groups excluding carboxylic acids is 1. The molecule has 0 fully saturated rings. The Labute approximate surface area is 148 Å². The van der Waals surface area contributed by atoms with Crippen LogP contribution in [0, 0.1) is 19.8 Å². The van der Waals surface area contributed by atoms with E-state index in [9.17, 15) is 15.0 Å². The number of hydrogen-bond acceptors (Lipinski definition) is 4. The number of phenolic OH excluding ortho intramolecular Hbond substituents is 2. The molecule has 4 nitrogen and oxygen atoms in total. The monoisotopic (exact) mass is 340 g/mol. The number of ether oxygens (including phenoxy) is 1. The predicted molar refractivity (Wildman–Crippen MR) is 96.9 cm³/mol. The molecule has 132 valence electrons. The van der Waals surface area contributed by atoms with Crippen molar-refractivity contribution in [3.05, 3.63) is 51.6 Å². The van der Waals surface area contributed by atoms with Crippen LogP contribution in [0.4, 0.5) is 0 Å². The fourth-order valence-corrected chi connectivity index (χ4v) is 3.78. The van der Waals surface area contributed by atoms with Crippen molar-refractivity contribution in [1.29, 1.82) is 0 Å². The smallest absolute Gasteiger partial charge is 0.197 e. The van der Waals surface area contributed by atoms with E-state index in [-0.39, 0.29) is 22.8 Å². The van der Waals surface area contributed by atoms with Gasteiger partial charge in [-0.1, -0.05) is 19.1 Å². The van der Waals surface area contributed by atoms with E-state index in [4.69, 9.17) is 4.74 Å². The molecule has 0 bridgehead atoms. The van der Waals surface area contributed by atoms with E-state index >= 15 is 0 Å². The van der Waals surface area contributed by atoms with Crippen molar-refractivity contribution in [2.75, 3.05) is 7.11 Å². The topological polar surface area (TPSA) is 66.8 Å². The molecule has 0 unspecified atom stereocenters. The summed E-state index contributed by atoms with van der Waals surface area (Å²) in [7, 11) is 1.56. The molecule has 0 saturated carbocycles. The van der Waals surface area contributed by atoms with Crippen molar-refractivity contribution in [2.45, 2.75) is 40.0 Å². The Morgan fingerprint density at radius 2 is 1.84 bits per heavy atom. The second-order valence-corrected chi connectivity index (χ2v) is 6.96. The number of hydrogen-bond donors (Lipinski definition) is 2. The van der Waals surface area contributed by atoms with Crippen LogP contribution in [0.5, 0.6) is 17.2 Å². The third-order valence-corrected chi connectivity index (χ3v) is 5.32. The molecule has 0 spiro atoms. The fourth-order valence-electron chi connectivity index (χ4n) is 3.78. The van der Waals surface area contributed by atoms with Crippen molar-refractivity contribution < 1.29 is 19.7 Å². The number of ketones is 1. The zero-order valence-corrected chi connectivity index (χ0v) is 15.1. The number of carbonyl (C=O) groups is 1. The highest BCUT2D eigenvalue weighted by molar-refractivity contribution is 6.13. The average molecular weight is 340 g/mol. The molecule has 25 heavy (non-hydrogen) atoms. The normalized spacial score (nSPS) is 16.4. The summed E-state index contributed by atoms with van der Waals surface area (Å²) in [5.41, 5.74) is 3.33. The number of fused-ring (bicyclic) bond motifs is 1. The maximum absolute atomic E-state index is 13.2. The van der Waals surface area contributed by atoms with E-state index in [1.165, 1.54) is 0 Å². The molecular formula is C21H24O4. The van der Waals surface area contributed by atoms with E-state index < -0.39 is 0 Å². The molecule has 2 aromatic rings. The van der Waals surface area contributed by atoms with E-state index in [1.54, 1.807) is 32.2 Å². The van der Waals surface area contributed by atoms with Gasteiger partial charge in [-0.3, -0.25) is 4.79 Å². The number of phenols is 2. The molecule has 0 aliphatic heterocycles. The molecular weight excluding hydrogens is 316 g/mol. The third kappa shape index (κ3) is 2.76. The first kappa shape index (κ1) is 17.3. The molecule has 3 rings (SSSR count). The molecule has 2 aromatic carbocycles. The Bertz CT molecular complexity index is 852. The largest absolute Gasteiger partial charge is 0.507 e. The summed E-state index contributed by atoms with van der Waals surface area (Å²) in [5.74, 6) is 0.913. The zero-order chi connectivity index (χ0) is 18.3. The van der Waals surface area contributed by atoms with E-state index in [0.29, 0.717) is 34.8 Å². The molecule has 0 saturated heterocycles. The lowest BCUT2D eigenvalue weighted by Gasteiger charge is -2.26. The quantitative estimate of drug-likeness (QED) is 0.653. The van der Waals surface area contributed by atoms with Crippen molar-refractivity contribution >= 4 is 5.78 Å². The van der Waals surface area contributed by atoms with Crippen LogP contribution in [0.3, 0.4) is 0 Å². The summed E-state index contributed by atoms with van der Waals surface area (Å²) in [4.78, 5) is 13.2. The first-order valence-corrected chi connectivity index (χ1v) is 8.61. The molecule has 2 N–H and O–H groups in total. The second-order valence-electron chi connectivity index (χ2n) is 6.96. The maximum atomic E-state index is 13.2. The minimum absolute atomic E-state index is 0.0177. The minimum Gasteiger partial charge on any atom is -0.507 e. The van der Waals surface area contributed by atoms with Gasteiger partial charge in [0.05, 0.1) is 12.7 Å². The molecule has 0 radical (unpaired) electrons. The van der Waals surface area contributed by atoms with Gasteiger partial charge in [-0.25, -0.2) is 0 Å². The first-order valence-electron chi connectivity index (χ1n) is 8.61. The number of methoxy groups -OCH3 is 1. The number of rotatable bonds is 3. The van der Waals surface area contributed by atoms with Gasteiger partial charge in [0.25, 0.3) is 0 Å². The van der Waals surface area contributed by atoms with Gasteiger partial charge < -0.3 is 14.9 Å². The maximum Gasteiger partial charge on any atom is 0.197 e. The van der Waals surface area contributed by atoms with Crippen molar-refractivity contribution in [1.82, 2.24) is 0 Å². The Hall–Kier alpha value is -2.49. The number of benzene rings is 2. The van der Waals surface area contributed by atoms with E-state index in [1.807, 2.05) is 6.92 Å². The fraction of sp³-hybridized carbons (Fsp3) is 0.381. The van der Waals surface area contributed by atoms with E-state index in [2.05, 4.69) is 6.92 Å². The Balaban J connectivity index is 2.20. The van der Waals surface area contributed by atoms with Gasteiger partial charge in [-0.15, -0.1) is 0 Å². The van der Waals surface area contributed by atoms with Gasteiger partial charge >= 0.3 is 0 Å². The molecule has 0 aromatic heterocycles.